The summed E-state index contributed by atoms with van der Waals surface area (Å²) in [6.07, 6.45) is -4.29. The first-order valence-electron chi connectivity index (χ1n) is 9.84. The molecule has 6 nitrogen and oxygen atoms in total. The number of benzene rings is 1. The number of ether oxygens (including phenoxy) is 1. The minimum absolute atomic E-state index is 0.169. The fraction of sp³-hybridized carbons (Fsp3) is 0.571. The van der Waals surface area contributed by atoms with Crippen LogP contribution in [-0.2, 0) is 25.0 Å². The molecule has 0 spiro atoms. The average molecular weight is 465 g/mol. The highest BCUT2D eigenvalue weighted by atomic mass is 35.5. The summed E-state index contributed by atoms with van der Waals surface area (Å²) in [5, 5.41) is 4.51. The molecule has 0 bridgehead atoms. The molecular weight excluding hydrogens is 437 g/mol. The second kappa shape index (κ2) is 11.9. The van der Waals surface area contributed by atoms with Crippen LogP contribution in [0.25, 0.3) is 0 Å². The Labute approximate surface area is 184 Å². The summed E-state index contributed by atoms with van der Waals surface area (Å²) < 4.78 is 41.9. The molecule has 1 rings (SSSR count). The van der Waals surface area contributed by atoms with E-state index in [2.05, 4.69) is 5.32 Å². The molecule has 1 unspecified atom stereocenters. The second-order valence-electron chi connectivity index (χ2n) is 8.06. The summed E-state index contributed by atoms with van der Waals surface area (Å²) in [6, 6.07) is 6.89. The van der Waals surface area contributed by atoms with Crippen LogP contribution >= 0.6 is 11.6 Å². The van der Waals surface area contributed by atoms with Crippen LogP contribution in [0, 0.1) is 5.92 Å². The molecule has 1 atom stereocenters. The van der Waals surface area contributed by atoms with Gasteiger partial charge in [0.1, 0.15) is 5.60 Å². The van der Waals surface area contributed by atoms with Crippen molar-refractivity contribution in [2.24, 2.45) is 5.92 Å². The molecule has 0 aliphatic carbocycles. The van der Waals surface area contributed by atoms with E-state index < -0.39 is 35.5 Å². The van der Waals surface area contributed by atoms with E-state index in [-0.39, 0.29) is 25.8 Å². The minimum atomic E-state index is -4.93. The first-order valence-corrected chi connectivity index (χ1v) is 10.4. The van der Waals surface area contributed by atoms with Crippen LogP contribution in [0.2, 0.25) is 0 Å². The lowest BCUT2D eigenvalue weighted by Crippen LogP contribution is -2.37. The van der Waals surface area contributed by atoms with E-state index in [9.17, 15) is 27.6 Å². The SMILES string of the molecule is CC(C)(C)OC(=O)CC(CCCCNC(=O)C(F)(F)F)C(=O)Nc1ccc(CCl)cc1. The molecule has 1 aromatic carbocycles. The van der Waals surface area contributed by atoms with E-state index in [4.69, 9.17) is 16.3 Å². The number of rotatable bonds is 10. The number of alkyl halides is 4. The topological polar surface area (TPSA) is 84.5 Å². The van der Waals surface area contributed by atoms with Crippen molar-refractivity contribution < 1.29 is 32.3 Å². The van der Waals surface area contributed by atoms with E-state index >= 15 is 0 Å². The Bertz CT molecular complexity index is 746. The summed E-state index contributed by atoms with van der Waals surface area (Å²) >= 11 is 5.75. The molecule has 0 aliphatic rings. The number of carbonyl (C=O) groups is 3. The van der Waals surface area contributed by atoms with Gasteiger partial charge < -0.3 is 15.4 Å². The smallest absolute Gasteiger partial charge is 0.460 e. The lowest BCUT2D eigenvalue weighted by atomic mass is 9.97. The Morgan fingerprint density at radius 2 is 1.68 bits per heavy atom. The van der Waals surface area contributed by atoms with E-state index in [1.54, 1.807) is 50.4 Å². The maximum atomic E-state index is 12.7. The van der Waals surface area contributed by atoms with Gasteiger partial charge in [-0.1, -0.05) is 18.6 Å². The first kappa shape index (κ1) is 26.7. The quantitative estimate of drug-likeness (QED) is 0.302. The van der Waals surface area contributed by atoms with Gasteiger partial charge in [-0.3, -0.25) is 14.4 Å². The second-order valence-corrected chi connectivity index (χ2v) is 8.32. The van der Waals surface area contributed by atoms with Gasteiger partial charge in [0, 0.05) is 24.0 Å². The molecule has 0 aromatic heterocycles. The number of carbonyl (C=O) groups excluding carboxylic acids is 3. The third-order valence-electron chi connectivity index (χ3n) is 4.10. The van der Waals surface area contributed by atoms with Crippen LogP contribution in [0.3, 0.4) is 0 Å². The molecule has 2 N–H and O–H groups in total. The van der Waals surface area contributed by atoms with Crippen LogP contribution in [0.4, 0.5) is 18.9 Å². The van der Waals surface area contributed by atoms with Crippen molar-refractivity contribution >= 4 is 35.1 Å². The van der Waals surface area contributed by atoms with Crippen molar-refractivity contribution in [2.45, 2.75) is 64.1 Å². The largest absolute Gasteiger partial charge is 0.471 e. The predicted octanol–water partition coefficient (Wildman–Crippen LogP) is 4.56. The third-order valence-corrected chi connectivity index (χ3v) is 4.41. The number of hydrogen-bond donors (Lipinski definition) is 2. The Hall–Kier alpha value is -2.29. The highest BCUT2D eigenvalue weighted by molar-refractivity contribution is 6.17. The van der Waals surface area contributed by atoms with Gasteiger partial charge >= 0.3 is 18.1 Å². The fourth-order valence-electron chi connectivity index (χ4n) is 2.65. The summed E-state index contributed by atoms with van der Waals surface area (Å²) in [7, 11) is 0. The molecule has 0 heterocycles. The van der Waals surface area contributed by atoms with Gasteiger partial charge in [-0.25, -0.2) is 0 Å². The zero-order valence-corrected chi connectivity index (χ0v) is 18.5. The molecule has 0 fully saturated rings. The minimum Gasteiger partial charge on any atom is -0.460 e. The normalized spacial score (nSPS) is 12.7. The number of halogens is 4. The zero-order valence-electron chi connectivity index (χ0n) is 17.8. The molecule has 0 saturated heterocycles. The van der Waals surface area contributed by atoms with Crippen molar-refractivity contribution in [3.8, 4) is 0 Å². The lowest BCUT2D eigenvalue weighted by molar-refractivity contribution is -0.173. The van der Waals surface area contributed by atoms with Crippen LogP contribution in [0.1, 0.15) is 52.0 Å². The summed E-state index contributed by atoms with van der Waals surface area (Å²) in [6.45, 7) is 4.95. The Morgan fingerprint density at radius 1 is 1.06 bits per heavy atom. The van der Waals surface area contributed by atoms with Crippen LogP contribution < -0.4 is 10.6 Å². The number of anilines is 1. The molecule has 1 aromatic rings. The molecule has 0 aliphatic heterocycles. The van der Waals surface area contributed by atoms with Gasteiger partial charge in [-0.2, -0.15) is 13.2 Å². The number of unbranched alkanes of at least 4 members (excludes halogenated alkanes) is 1. The maximum Gasteiger partial charge on any atom is 0.471 e. The van der Waals surface area contributed by atoms with Crippen molar-refractivity contribution in [3.63, 3.8) is 0 Å². The van der Waals surface area contributed by atoms with Crippen molar-refractivity contribution in [2.75, 3.05) is 11.9 Å². The highest BCUT2D eigenvalue weighted by Crippen LogP contribution is 2.20. The monoisotopic (exact) mass is 464 g/mol. The molecule has 2 amide bonds. The Kier molecular flexibility index (Phi) is 10.3. The van der Waals surface area contributed by atoms with E-state index in [0.717, 1.165) is 5.56 Å². The standard InChI is InChI=1S/C21H28ClF3N2O4/c1-20(2,3)31-17(28)12-15(6-4-5-11-26-19(30)21(23,24)25)18(29)27-16-9-7-14(13-22)8-10-16/h7-10,15H,4-6,11-13H2,1-3H3,(H,26,30)(H,27,29). The van der Waals surface area contributed by atoms with Gasteiger partial charge in [-0.15, -0.1) is 11.6 Å². The third kappa shape index (κ3) is 11.1. The Morgan fingerprint density at radius 3 is 2.19 bits per heavy atom. The highest BCUT2D eigenvalue weighted by Gasteiger charge is 2.38. The zero-order chi connectivity index (χ0) is 23.7. The summed E-state index contributed by atoms with van der Waals surface area (Å²) in [5.74, 6) is -3.35. The molecular formula is C21H28ClF3N2O4. The number of nitrogens with one attached hydrogen (secondary N) is 2. The van der Waals surface area contributed by atoms with Gasteiger partial charge in [-0.05, 0) is 51.3 Å². The Balaban J connectivity index is 2.67. The molecule has 31 heavy (non-hydrogen) atoms. The van der Waals surface area contributed by atoms with Crippen molar-refractivity contribution in [1.82, 2.24) is 5.32 Å². The van der Waals surface area contributed by atoms with Crippen LogP contribution in [0.5, 0.6) is 0 Å². The van der Waals surface area contributed by atoms with Gasteiger partial charge in [0.05, 0.1) is 6.42 Å². The van der Waals surface area contributed by atoms with E-state index in [0.29, 0.717) is 18.0 Å². The predicted molar refractivity (Wildman–Crippen MR) is 111 cm³/mol. The number of esters is 1. The maximum absolute atomic E-state index is 12.7. The molecule has 174 valence electrons. The average Bonchev–Trinajstić information content (AvgIpc) is 2.65. The van der Waals surface area contributed by atoms with Crippen molar-refractivity contribution in [1.29, 1.82) is 0 Å². The van der Waals surface area contributed by atoms with Crippen molar-refractivity contribution in [3.05, 3.63) is 29.8 Å². The van der Waals surface area contributed by atoms with E-state index in [1.165, 1.54) is 0 Å². The molecule has 10 heteroatoms. The number of hydrogen-bond acceptors (Lipinski definition) is 4. The van der Waals surface area contributed by atoms with E-state index in [1.807, 2.05) is 0 Å². The molecule has 0 radical (unpaired) electrons. The van der Waals surface area contributed by atoms with Crippen LogP contribution in [0.15, 0.2) is 24.3 Å². The van der Waals surface area contributed by atoms with Gasteiger partial charge in [0.15, 0.2) is 0 Å². The van der Waals surface area contributed by atoms with Crippen LogP contribution in [-0.4, -0.2) is 36.1 Å². The molecule has 0 saturated carbocycles. The number of amides is 2. The fourth-order valence-corrected chi connectivity index (χ4v) is 2.83. The van der Waals surface area contributed by atoms with Gasteiger partial charge in [0.2, 0.25) is 5.91 Å². The summed E-state index contributed by atoms with van der Waals surface area (Å²) in [4.78, 5) is 35.7. The van der Waals surface area contributed by atoms with Gasteiger partial charge in [0.25, 0.3) is 0 Å². The lowest BCUT2D eigenvalue weighted by Gasteiger charge is -2.22. The summed E-state index contributed by atoms with van der Waals surface area (Å²) in [5.41, 5.74) is 0.702. The first-order chi connectivity index (χ1) is 14.3.